The Bertz CT molecular complexity index is 205. The third kappa shape index (κ3) is 4.92. The molecule has 0 saturated carbocycles. The zero-order valence-corrected chi connectivity index (χ0v) is 10.2. The largest absolute Gasteiger partial charge is 0.378 e. The number of carbonyl (C=O) groups is 1. The van der Waals surface area contributed by atoms with Crippen LogP contribution in [0.1, 0.15) is 13.8 Å². The van der Waals surface area contributed by atoms with E-state index in [-0.39, 0.29) is 12.0 Å². The van der Waals surface area contributed by atoms with E-state index < -0.39 is 0 Å². The highest BCUT2D eigenvalue weighted by Gasteiger charge is 2.16. The van der Waals surface area contributed by atoms with Crippen molar-refractivity contribution in [1.82, 2.24) is 10.2 Å². The van der Waals surface area contributed by atoms with Crippen LogP contribution in [0.25, 0.3) is 0 Å². The molecular formula is C11H22N2O3. The number of carbonyl (C=O) groups excluding carboxylic acids is 1. The fourth-order valence-corrected chi connectivity index (χ4v) is 1.65. The molecule has 0 aliphatic carbocycles. The number of hydrogen-bond acceptors (Lipinski definition) is 4. The molecule has 94 valence electrons. The molecule has 0 spiro atoms. The standard InChI is InChI=1S/C11H22N2O3/c1-3-16-10(2)8-12-9-11(14)13-4-6-15-7-5-13/h10,12H,3-9H2,1-2H3. The van der Waals surface area contributed by atoms with Crippen molar-refractivity contribution in [2.24, 2.45) is 0 Å². The normalized spacial score (nSPS) is 18.5. The second kappa shape index (κ2) is 7.60. The molecule has 1 rings (SSSR count). The van der Waals surface area contributed by atoms with Crippen LogP contribution in [-0.4, -0.2) is 62.9 Å². The van der Waals surface area contributed by atoms with Gasteiger partial charge in [0.25, 0.3) is 0 Å². The quantitative estimate of drug-likeness (QED) is 0.690. The van der Waals surface area contributed by atoms with Crippen LogP contribution in [0.2, 0.25) is 0 Å². The summed E-state index contributed by atoms with van der Waals surface area (Å²) in [6, 6.07) is 0. The summed E-state index contributed by atoms with van der Waals surface area (Å²) in [5.74, 6) is 0.145. The summed E-state index contributed by atoms with van der Waals surface area (Å²) < 4.78 is 10.6. The lowest BCUT2D eigenvalue weighted by atomic mass is 10.3. The van der Waals surface area contributed by atoms with Gasteiger partial charge in [0, 0.05) is 26.2 Å². The van der Waals surface area contributed by atoms with Crippen molar-refractivity contribution < 1.29 is 14.3 Å². The predicted molar refractivity (Wildman–Crippen MR) is 61.4 cm³/mol. The van der Waals surface area contributed by atoms with Crippen molar-refractivity contribution in [2.45, 2.75) is 20.0 Å². The number of hydrogen-bond donors (Lipinski definition) is 1. The van der Waals surface area contributed by atoms with E-state index >= 15 is 0 Å². The molecule has 0 aromatic carbocycles. The first-order valence-corrected chi connectivity index (χ1v) is 5.92. The van der Waals surface area contributed by atoms with Gasteiger partial charge in [0.15, 0.2) is 0 Å². The minimum Gasteiger partial charge on any atom is -0.378 e. The highest BCUT2D eigenvalue weighted by molar-refractivity contribution is 5.78. The highest BCUT2D eigenvalue weighted by Crippen LogP contribution is 1.96. The van der Waals surface area contributed by atoms with E-state index in [2.05, 4.69) is 5.32 Å². The minimum atomic E-state index is 0.145. The first-order chi connectivity index (χ1) is 7.74. The van der Waals surface area contributed by atoms with Crippen LogP contribution in [0.5, 0.6) is 0 Å². The van der Waals surface area contributed by atoms with Gasteiger partial charge in [-0.2, -0.15) is 0 Å². The Kier molecular flexibility index (Phi) is 6.37. The molecule has 0 bridgehead atoms. The second-order valence-corrected chi connectivity index (χ2v) is 3.89. The van der Waals surface area contributed by atoms with Crippen LogP contribution in [0, 0.1) is 0 Å². The van der Waals surface area contributed by atoms with Crippen LogP contribution in [0.3, 0.4) is 0 Å². The van der Waals surface area contributed by atoms with Crippen LogP contribution in [-0.2, 0) is 14.3 Å². The number of rotatable bonds is 6. The topological polar surface area (TPSA) is 50.8 Å². The summed E-state index contributed by atoms with van der Waals surface area (Å²) in [6.45, 7) is 8.50. The highest BCUT2D eigenvalue weighted by atomic mass is 16.5. The SMILES string of the molecule is CCOC(C)CNCC(=O)N1CCOCC1. The molecule has 1 aliphatic rings. The molecule has 0 radical (unpaired) electrons. The summed E-state index contributed by atoms with van der Waals surface area (Å²) in [5.41, 5.74) is 0. The number of amides is 1. The average Bonchev–Trinajstić information content (AvgIpc) is 2.30. The van der Waals surface area contributed by atoms with Crippen molar-refractivity contribution in [3.8, 4) is 0 Å². The third-order valence-corrected chi connectivity index (χ3v) is 2.52. The molecular weight excluding hydrogens is 208 g/mol. The molecule has 0 aromatic heterocycles. The van der Waals surface area contributed by atoms with E-state index in [0.717, 1.165) is 0 Å². The molecule has 5 nitrogen and oxygen atoms in total. The zero-order valence-electron chi connectivity index (χ0n) is 10.2. The number of nitrogens with zero attached hydrogens (tertiary/aromatic N) is 1. The van der Waals surface area contributed by atoms with E-state index in [1.54, 1.807) is 0 Å². The molecule has 16 heavy (non-hydrogen) atoms. The van der Waals surface area contributed by atoms with Gasteiger partial charge in [0.2, 0.25) is 5.91 Å². The maximum Gasteiger partial charge on any atom is 0.236 e. The molecule has 1 heterocycles. The Labute approximate surface area is 97.1 Å². The van der Waals surface area contributed by atoms with Crippen molar-refractivity contribution >= 4 is 5.91 Å². The van der Waals surface area contributed by atoms with E-state index in [0.29, 0.717) is 46.0 Å². The number of morpholine rings is 1. The van der Waals surface area contributed by atoms with Crippen molar-refractivity contribution in [2.75, 3.05) is 46.0 Å². The lowest BCUT2D eigenvalue weighted by molar-refractivity contribution is -0.134. The second-order valence-electron chi connectivity index (χ2n) is 3.89. The van der Waals surface area contributed by atoms with Gasteiger partial charge >= 0.3 is 0 Å². The van der Waals surface area contributed by atoms with Gasteiger partial charge in [-0.05, 0) is 13.8 Å². The number of ether oxygens (including phenoxy) is 2. The van der Waals surface area contributed by atoms with E-state index in [4.69, 9.17) is 9.47 Å². The molecule has 1 fully saturated rings. The maximum atomic E-state index is 11.7. The zero-order chi connectivity index (χ0) is 11.8. The molecule has 1 amide bonds. The van der Waals surface area contributed by atoms with Crippen LogP contribution in [0.4, 0.5) is 0 Å². The van der Waals surface area contributed by atoms with Crippen LogP contribution < -0.4 is 5.32 Å². The molecule has 1 saturated heterocycles. The monoisotopic (exact) mass is 230 g/mol. The summed E-state index contributed by atoms with van der Waals surface area (Å²) >= 11 is 0. The molecule has 5 heteroatoms. The van der Waals surface area contributed by atoms with Gasteiger partial charge in [-0.15, -0.1) is 0 Å². The molecule has 0 aromatic rings. The predicted octanol–water partition coefficient (Wildman–Crippen LogP) is -0.140. The average molecular weight is 230 g/mol. The molecule has 1 N–H and O–H groups in total. The van der Waals surface area contributed by atoms with E-state index in [1.807, 2.05) is 18.7 Å². The van der Waals surface area contributed by atoms with E-state index in [1.165, 1.54) is 0 Å². The fourth-order valence-electron chi connectivity index (χ4n) is 1.65. The van der Waals surface area contributed by atoms with Gasteiger partial charge in [0.1, 0.15) is 0 Å². The Morgan fingerprint density at radius 1 is 1.50 bits per heavy atom. The van der Waals surface area contributed by atoms with Gasteiger partial charge in [-0.3, -0.25) is 4.79 Å². The fraction of sp³-hybridized carbons (Fsp3) is 0.909. The summed E-state index contributed by atoms with van der Waals surface area (Å²) in [6.07, 6.45) is 0.155. The van der Waals surface area contributed by atoms with Crippen molar-refractivity contribution in [1.29, 1.82) is 0 Å². The minimum absolute atomic E-state index is 0.145. The van der Waals surface area contributed by atoms with Crippen molar-refractivity contribution in [3.63, 3.8) is 0 Å². The Morgan fingerprint density at radius 3 is 2.81 bits per heavy atom. The van der Waals surface area contributed by atoms with Gasteiger partial charge in [0.05, 0.1) is 25.9 Å². The molecule has 1 aliphatic heterocycles. The summed E-state index contributed by atoms with van der Waals surface area (Å²) in [7, 11) is 0. The van der Waals surface area contributed by atoms with Crippen LogP contribution in [0.15, 0.2) is 0 Å². The Hall–Kier alpha value is -0.650. The maximum absolute atomic E-state index is 11.7. The van der Waals surface area contributed by atoms with E-state index in [9.17, 15) is 4.79 Å². The Morgan fingerprint density at radius 2 is 2.19 bits per heavy atom. The van der Waals surface area contributed by atoms with Gasteiger partial charge in [-0.1, -0.05) is 0 Å². The van der Waals surface area contributed by atoms with Crippen molar-refractivity contribution in [3.05, 3.63) is 0 Å². The number of nitrogens with one attached hydrogen (secondary N) is 1. The van der Waals surface area contributed by atoms with Gasteiger partial charge < -0.3 is 19.7 Å². The molecule has 1 atom stereocenters. The molecule has 1 unspecified atom stereocenters. The third-order valence-electron chi connectivity index (χ3n) is 2.52. The lowest BCUT2D eigenvalue weighted by Gasteiger charge is -2.27. The first kappa shape index (κ1) is 13.4. The Balaban J connectivity index is 2.09. The van der Waals surface area contributed by atoms with Crippen LogP contribution >= 0.6 is 0 Å². The smallest absolute Gasteiger partial charge is 0.236 e. The van der Waals surface area contributed by atoms with Gasteiger partial charge in [-0.25, -0.2) is 0 Å². The lowest BCUT2D eigenvalue weighted by Crippen LogP contribution is -2.45. The summed E-state index contributed by atoms with van der Waals surface area (Å²) in [5, 5.41) is 3.11. The summed E-state index contributed by atoms with van der Waals surface area (Å²) in [4.78, 5) is 13.5. The first-order valence-electron chi connectivity index (χ1n) is 5.92.